The van der Waals surface area contributed by atoms with E-state index in [2.05, 4.69) is 29.4 Å². The normalized spacial score (nSPS) is 14.1. The van der Waals surface area contributed by atoms with E-state index in [4.69, 9.17) is 0 Å². The highest BCUT2D eigenvalue weighted by Crippen LogP contribution is 2.26. The standard InChI is InChI=1S/C12H17N3O2S/c1-2-3-4-5-6-13-9-10(16)14-12-15(11(9)17)7-8-18-12/h3-4,13,16H,2,5-8H2,1H3. The lowest BCUT2D eigenvalue weighted by Gasteiger charge is -2.08. The largest absolute Gasteiger partial charge is 0.492 e. The van der Waals surface area contributed by atoms with Crippen LogP contribution in [0.3, 0.4) is 0 Å². The Kier molecular flexibility index (Phi) is 4.30. The van der Waals surface area contributed by atoms with Gasteiger partial charge in [0.15, 0.2) is 10.8 Å². The molecule has 0 fully saturated rings. The average Bonchev–Trinajstić information content (AvgIpc) is 2.80. The minimum atomic E-state index is -0.194. The molecule has 0 saturated carbocycles. The van der Waals surface area contributed by atoms with Gasteiger partial charge in [0.1, 0.15) is 0 Å². The Morgan fingerprint density at radius 2 is 2.39 bits per heavy atom. The molecule has 0 radical (unpaired) electrons. The van der Waals surface area contributed by atoms with Crippen molar-refractivity contribution in [1.29, 1.82) is 0 Å². The van der Waals surface area contributed by atoms with Crippen LogP contribution in [0.25, 0.3) is 0 Å². The van der Waals surface area contributed by atoms with Crippen molar-refractivity contribution in [2.75, 3.05) is 17.6 Å². The summed E-state index contributed by atoms with van der Waals surface area (Å²) in [5, 5.41) is 13.3. The third kappa shape index (κ3) is 2.69. The van der Waals surface area contributed by atoms with Gasteiger partial charge in [-0.25, -0.2) is 0 Å². The van der Waals surface area contributed by atoms with Crippen molar-refractivity contribution < 1.29 is 5.11 Å². The number of allylic oxidation sites excluding steroid dienone is 1. The maximum absolute atomic E-state index is 12.1. The van der Waals surface area contributed by atoms with Gasteiger partial charge in [0.25, 0.3) is 5.56 Å². The van der Waals surface area contributed by atoms with E-state index in [1.807, 2.05) is 0 Å². The Morgan fingerprint density at radius 3 is 3.17 bits per heavy atom. The number of aromatic nitrogens is 2. The number of nitrogens with one attached hydrogen (secondary N) is 1. The number of thioether (sulfide) groups is 1. The fraction of sp³-hybridized carbons (Fsp3) is 0.500. The molecule has 2 heterocycles. The lowest BCUT2D eigenvalue weighted by atomic mass is 10.3. The maximum atomic E-state index is 12.1. The number of fused-ring (bicyclic) bond motifs is 1. The molecule has 2 N–H and O–H groups in total. The summed E-state index contributed by atoms with van der Waals surface area (Å²) >= 11 is 1.49. The first-order valence-corrected chi connectivity index (χ1v) is 7.08. The fourth-order valence-corrected chi connectivity index (χ4v) is 2.72. The molecule has 0 saturated heterocycles. The number of hydrogen-bond acceptors (Lipinski definition) is 5. The maximum Gasteiger partial charge on any atom is 0.281 e. The van der Waals surface area contributed by atoms with Crippen LogP contribution in [0.1, 0.15) is 19.8 Å². The topological polar surface area (TPSA) is 67.2 Å². The van der Waals surface area contributed by atoms with Gasteiger partial charge in [0, 0.05) is 18.8 Å². The van der Waals surface area contributed by atoms with E-state index < -0.39 is 0 Å². The molecule has 98 valence electrons. The monoisotopic (exact) mass is 267 g/mol. The molecule has 0 aliphatic carbocycles. The molecule has 2 rings (SSSR count). The Balaban J connectivity index is 2.09. The predicted molar refractivity (Wildman–Crippen MR) is 73.4 cm³/mol. The van der Waals surface area contributed by atoms with Crippen LogP contribution in [0.15, 0.2) is 22.1 Å². The summed E-state index contributed by atoms with van der Waals surface area (Å²) < 4.78 is 1.61. The molecule has 0 bridgehead atoms. The molecule has 0 atom stereocenters. The van der Waals surface area contributed by atoms with Crippen molar-refractivity contribution in [3.05, 3.63) is 22.5 Å². The van der Waals surface area contributed by atoms with Gasteiger partial charge in [-0.05, 0) is 12.8 Å². The summed E-state index contributed by atoms with van der Waals surface area (Å²) in [5.74, 6) is 0.643. The summed E-state index contributed by atoms with van der Waals surface area (Å²) in [6.07, 6.45) is 5.96. The summed E-state index contributed by atoms with van der Waals surface area (Å²) in [7, 11) is 0. The van der Waals surface area contributed by atoms with E-state index in [9.17, 15) is 9.90 Å². The lowest BCUT2D eigenvalue weighted by molar-refractivity contribution is 0.439. The molecule has 1 aliphatic heterocycles. The zero-order valence-corrected chi connectivity index (χ0v) is 11.2. The highest BCUT2D eigenvalue weighted by atomic mass is 32.2. The van der Waals surface area contributed by atoms with Crippen molar-refractivity contribution in [3.63, 3.8) is 0 Å². The average molecular weight is 267 g/mol. The minimum Gasteiger partial charge on any atom is -0.492 e. The first-order chi connectivity index (χ1) is 8.74. The zero-order chi connectivity index (χ0) is 13.0. The first kappa shape index (κ1) is 13.0. The second-order valence-corrected chi connectivity index (χ2v) is 5.06. The molecule has 1 aliphatic rings. The molecule has 0 unspecified atom stereocenters. The molecule has 5 nitrogen and oxygen atoms in total. The van der Waals surface area contributed by atoms with Crippen LogP contribution in [0.2, 0.25) is 0 Å². The Hall–Kier alpha value is -1.43. The molecule has 0 amide bonds. The van der Waals surface area contributed by atoms with Gasteiger partial charge >= 0.3 is 0 Å². The third-order valence-electron chi connectivity index (χ3n) is 2.68. The molecule has 6 heteroatoms. The number of aromatic hydroxyl groups is 1. The van der Waals surface area contributed by atoms with E-state index in [0.29, 0.717) is 18.2 Å². The second kappa shape index (κ2) is 5.95. The van der Waals surface area contributed by atoms with Crippen LogP contribution in [-0.2, 0) is 6.54 Å². The Bertz CT molecular complexity index is 511. The summed E-state index contributed by atoms with van der Waals surface area (Å²) in [6, 6.07) is 0. The highest BCUT2D eigenvalue weighted by Gasteiger charge is 2.19. The second-order valence-electron chi connectivity index (χ2n) is 3.99. The number of rotatable bonds is 5. The Morgan fingerprint density at radius 1 is 1.56 bits per heavy atom. The SMILES string of the molecule is CCC=CCCNc1c(O)nc2n(c1=O)CCS2. The summed E-state index contributed by atoms with van der Waals surface area (Å²) in [5.41, 5.74) is 0.0353. The molecule has 0 spiro atoms. The molecular weight excluding hydrogens is 250 g/mol. The van der Waals surface area contributed by atoms with E-state index >= 15 is 0 Å². The number of anilines is 1. The van der Waals surface area contributed by atoms with E-state index in [0.717, 1.165) is 18.6 Å². The van der Waals surface area contributed by atoms with Gasteiger partial charge in [-0.15, -0.1) is 0 Å². The Labute approximate surface area is 110 Å². The van der Waals surface area contributed by atoms with Gasteiger partial charge in [-0.1, -0.05) is 30.8 Å². The van der Waals surface area contributed by atoms with Crippen LogP contribution in [0, 0.1) is 0 Å². The van der Waals surface area contributed by atoms with E-state index in [1.54, 1.807) is 4.57 Å². The molecule has 0 aromatic carbocycles. The molecule has 1 aromatic heterocycles. The number of nitrogens with zero attached hydrogens (tertiary/aromatic N) is 2. The summed E-state index contributed by atoms with van der Waals surface area (Å²) in [4.78, 5) is 16.1. The number of hydrogen-bond donors (Lipinski definition) is 2. The van der Waals surface area contributed by atoms with Gasteiger partial charge in [-0.2, -0.15) is 4.98 Å². The van der Waals surface area contributed by atoms with Gasteiger partial charge in [0.05, 0.1) is 0 Å². The third-order valence-corrected chi connectivity index (χ3v) is 3.63. The van der Waals surface area contributed by atoms with Crippen LogP contribution >= 0.6 is 11.8 Å². The van der Waals surface area contributed by atoms with Gasteiger partial charge in [-0.3, -0.25) is 9.36 Å². The fourth-order valence-electron chi connectivity index (χ4n) is 1.78. The van der Waals surface area contributed by atoms with Gasteiger partial charge < -0.3 is 10.4 Å². The van der Waals surface area contributed by atoms with Crippen molar-refractivity contribution in [2.24, 2.45) is 0 Å². The van der Waals surface area contributed by atoms with E-state index in [1.165, 1.54) is 11.8 Å². The molecule has 1 aromatic rings. The van der Waals surface area contributed by atoms with Crippen LogP contribution in [-0.4, -0.2) is 27.0 Å². The van der Waals surface area contributed by atoms with Crippen molar-refractivity contribution >= 4 is 17.4 Å². The van der Waals surface area contributed by atoms with Crippen LogP contribution < -0.4 is 10.9 Å². The van der Waals surface area contributed by atoms with Crippen LogP contribution in [0.4, 0.5) is 5.69 Å². The minimum absolute atomic E-state index is 0.179. The highest BCUT2D eigenvalue weighted by molar-refractivity contribution is 7.99. The molecule has 18 heavy (non-hydrogen) atoms. The summed E-state index contributed by atoms with van der Waals surface area (Å²) in [6.45, 7) is 3.36. The molecular formula is C12H17N3O2S. The lowest BCUT2D eigenvalue weighted by Crippen LogP contribution is -2.24. The van der Waals surface area contributed by atoms with Crippen molar-refractivity contribution in [1.82, 2.24) is 9.55 Å². The van der Waals surface area contributed by atoms with E-state index in [-0.39, 0.29) is 17.1 Å². The smallest absolute Gasteiger partial charge is 0.281 e. The zero-order valence-electron chi connectivity index (χ0n) is 10.3. The van der Waals surface area contributed by atoms with Crippen molar-refractivity contribution in [3.8, 4) is 5.88 Å². The quantitative estimate of drug-likeness (QED) is 0.484. The van der Waals surface area contributed by atoms with Gasteiger partial charge in [0.2, 0.25) is 5.88 Å². The first-order valence-electron chi connectivity index (χ1n) is 6.09. The van der Waals surface area contributed by atoms with Crippen molar-refractivity contribution in [2.45, 2.75) is 31.5 Å². The van der Waals surface area contributed by atoms with Crippen LogP contribution in [0.5, 0.6) is 5.88 Å². The predicted octanol–water partition coefficient (Wildman–Crippen LogP) is 1.82.